The van der Waals surface area contributed by atoms with Crippen molar-refractivity contribution >= 4 is 11.3 Å². The van der Waals surface area contributed by atoms with Crippen LogP contribution < -0.4 is 4.74 Å². The molecule has 21 heavy (non-hydrogen) atoms. The number of rotatable bonds is 5. The molecule has 0 saturated heterocycles. The Morgan fingerprint density at radius 2 is 2.14 bits per heavy atom. The molecule has 0 radical (unpaired) electrons. The van der Waals surface area contributed by atoms with Crippen molar-refractivity contribution in [2.75, 3.05) is 6.61 Å². The molecule has 0 spiro atoms. The molecule has 1 aromatic carbocycles. The fourth-order valence-electron chi connectivity index (χ4n) is 2.05. The first-order chi connectivity index (χ1) is 10.2. The molecule has 0 fully saturated rings. The molecule has 3 heteroatoms. The van der Waals surface area contributed by atoms with Gasteiger partial charge in [0.2, 0.25) is 0 Å². The molecule has 0 aliphatic carbocycles. The maximum absolute atomic E-state index is 8.70. The summed E-state index contributed by atoms with van der Waals surface area (Å²) in [5.41, 5.74) is 2.19. The Morgan fingerprint density at radius 1 is 1.33 bits per heavy atom. The molecule has 0 bridgehead atoms. The highest BCUT2D eigenvalue weighted by atomic mass is 32.1. The van der Waals surface area contributed by atoms with E-state index in [4.69, 9.17) is 9.84 Å². The lowest BCUT2D eigenvalue weighted by Gasteiger charge is -2.15. The van der Waals surface area contributed by atoms with Crippen LogP contribution in [0.5, 0.6) is 5.75 Å². The zero-order chi connectivity index (χ0) is 15.1. The number of benzene rings is 1. The zero-order valence-corrected chi connectivity index (χ0v) is 13.2. The first-order valence-corrected chi connectivity index (χ1v) is 8.01. The molecule has 1 heterocycles. The van der Waals surface area contributed by atoms with Crippen LogP contribution in [0.3, 0.4) is 0 Å². The van der Waals surface area contributed by atoms with Gasteiger partial charge in [-0.3, -0.25) is 0 Å². The molecule has 1 unspecified atom stereocenters. The number of para-hydroxylation sites is 1. The second kappa shape index (κ2) is 7.87. The molecule has 0 saturated carbocycles. The van der Waals surface area contributed by atoms with Crippen LogP contribution >= 0.6 is 11.3 Å². The molecule has 2 aromatic rings. The van der Waals surface area contributed by atoms with Crippen molar-refractivity contribution in [3.8, 4) is 17.6 Å². The number of thiophene rings is 1. The Balaban J connectivity index is 2.05. The molecule has 1 aromatic heterocycles. The smallest absolute Gasteiger partial charge is 0.123 e. The van der Waals surface area contributed by atoms with Crippen LogP contribution in [0.4, 0.5) is 0 Å². The number of aliphatic hydroxyl groups is 1. The fourth-order valence-corrected chi connectivity index (χ4v) is 2.78. The predicted molar refractivity (Wildman–Crippen MR) is 87.8 cm³/mol. The van der Waals surface area contributed by atoms with Crippen LogP contribution in [0.15, 0.2) is 35.7 Å². The minimum atomic E-state index is -0.107. The minimum Gasteiger partial charge on any atom is -0.488 e. The van der Waals surface area contributed by atoms with E-state index in [1.165, 1.54) is 5.56 Å². The quantitative estimate of drug-likeness (QED) is 0.839. The normalized spacial score (nSPS) is 11.6. The van der Waals surface area contributed by atoms with Crippen molar-refractivity contribution < 1.29 is 9.84 Å². The molecular weight excluding hydrogens is 280 g/mol. The largest absolute Gasteiger partial charge is 0.488 e. The van der Waals surface area contributed by atoms with E-state index in [2.05, 4.69) is 37.8 Å². The Bertz CT molecular complexity index is 634. The molecule has 0 aliphatic heterocycles. The Labute approximate surface area is 130 Å². The molecule has 1 N–H and O–H groups in total. The molecule has 110 valence electrons. The van der Waals surface area contributed by atoms with E-state index < -0.39 is 0 Å². The third kappa shape index (κ3) is 4.35. The summed E-state index contributed by atoms with van der Waals surface area (Å²) in [6.45, 7) is 4.85. The van der Waals surface area contributed by atoms with E-state index in [0.29, 0.717) is 12.5 Å². The molecule has 2 rings (SSSR count). The van der Waals surface area contributed by atoms with Gasteiger partial charge < -0.3 is 9.84 Å². The van der Waals surface area contributed by atoms with Gasteiger partial charge in [0.05, 0.1) is 0 Å². The van der Waals surface area contributed by atoms with E-state index >= 15 is 0 Å². The van der Waals surface area contributed by atoms with Gasteiger partial charge in [-0.05, 0) is 30.0 Å². The second-order valence-electron chi connectivity index (χ2n) is 4.90. The average molecular weight is 300 g/mol. The van der Waals surface area contributed by atoms with E-state index in [0.717, 1.165) is 22.6 Å². The van der Waals surface area contributed by atoms with E-state index in [9.17, 15) is 0 Å². The van der Waals surface area contributed by atoms with E-state index in [1.807, 2.05) is 23.6 Å². The van der Waals surface area contributed by atoms with Gasteiger partial charge in [0.25, 0.3) is 0 Å². The van der Waals surface area contributed by atoms with Crippen LogP contribution in [0.1, 0.15) is 42.2 Å². The highest BCUT2D eigenvalue weighted by Crippen LogP contribution is 2.29. The standard InChI is InChI=1S/C18H20O2S/c1-3-14(2)17-8-4-5-9-18(17)20-12-16-11-15(13-21-16)7-6-10-19/h4-5,8-9,11,13-14,19H,3,10,12H2,1-2H3. The molecule has 2 nitrogen and oxygen atoms in total. The van der Waals surface area contributed by atoms with Crippen LogP contribution in [0.2, 0.25) is 0 Å². The van der Waals surface area contributed by atoms with Gasteiger partial charge in [-0.2, -0.15) is 0 Å². The number of ether oxygens (including phenoxy) is 1. The molecule has 0 aliphatic rings. The number of aliphatic hydroxyl groups excluding tert-OH is 1. The number of hydrogen-bond donors (Lipinski definition) is 1. The predicted octanol–water partition coefficient (Wildman–Crippen LogP) is 4.18. The highest BCUT2D eigenvalue weighted by Gasteiger charge is 2.09. The summed E-state index contributed by atoms with van der Waals surface area (Å²) < 4.78 is 5.98. The second-order valence-corrected chi connectivity index (χ2v) is 5.89. The van der Waals surface area contributed by atoms with Crippen molar-refractivity contribution in [2.24, 2.45) is 0 Å². The SMILES string of the molecule is CCC(C)c1ccccc1OCc1cc(C#CCO)cs1. The van der Waals surface area contributed by atoms with Gasteiger partial charge in [-0.15, -0.1) is 11.3 Å². The third-order valence-corrected chi connectivity index (χ3v) is 4.31. The zero-order valence-electron chi connectivity index (χ0n) is 12.4. The summed E-state index contributed by atoms with van der Waals surface area (Å²) in [6.07, 6.45) is 1.10. The van der Waals surface area contributed by atoms with Gasteiger partial charge in [-0.1, -0.05) is 43.9 Å². The number of hydrogen-bond acceptors (Lipinski definition) is 3. The van der Waals surface area contributed by atoms with Gasteiger partial charge in [0.1, 0.15) is 19.0 Å². The minimum absolute atomic E-state index is 0.107. The van der Waals surface area contributed by atoms with Crippen molar-refractivity contribution in [2.45, 2.75) is 32.8 Å². The maximum Gasteiger partial charge on any atom is 0.123 e. The summed E-state index contributed by atoms with van der Waals surface area (Å²) >= 11 is 1.63. The van der Waals surface area contributed by atoms with Gasteiger partial charge in [-0.25, -0.2) is 0 Å². The van der Waals surface area contributed by atoms with Crippen molar-refractivity contribution in [3.05, 3.63) is 51.7 Å². The van der Waals surface area contributed by atoms with Crippen LogP contribution in [0, 0.1) is 11.8 Å². The fraction of sp³-hybridized carbons (Fsp3) is 0.333. The Kier molecular flexibility index (Phi) is 5.86. The summed E-state index contributed by atoms with van der Waals surface area (Å²) in [5.74, 6) is 7.02. The Hall–Kier alpha value is -1.76. The highest BCUT2D eigenvalue weighted by molar-refractivity contribution is 7.10. The van der Waals surface area contributed by atoms with Crippen LogP contribution in [0.25, 0.3) is 0 Å². The topological polar surface area (TPSA) is 29.5 Å². The summed E-state index contributed by atoms with van der Waals surface area (Å²) in [7, 11) is 0. The lowest BCUT2D eigenvalue weighted by Crippen LogP contribution is -1.99. The molecule has 1 atom stereocenters. The lowest BCUT2D eigenvalue weighted by molar-refractivity contribution is 0.304. The van der Waals surface area contributed by atoms with Crippen LogP contribution in [-0.4, -0.2) is 11.7 Å². The van der Waals surface area contributed by atoms with Gasteiger partial charge >= 0.3 is 0 Å². The summed E-state index contributed by atoms with van der Waals surface area (Å²) in [4.78, 5) is 1.14. The summed E-state index contributed by atoms with van der Waals surface area (Å²) in [6, 6.07) is 10.2. The van der Waals surface area contributed by atoms with Crippen molar-refractivity contribution in [3.63, 3.8) is 0 Å². The van der Waals surface area contributed by atoms with Gasteiger partial charge in [0, 0.05) is 15.8 Å². The molecule has 0 amide bonds. The lowest BCUT2D eigenvalue weighted by atomic mass is 9.98. The van der Waals surface area contributed by atoms with Crippen LogP contribution in [-0.2, 0) is 6.61 Å². The Morgan fingerprint density at radius 3 is 2.90 bits per heavy atom. The van der Waals surface area contributed by atoms with E-state index in [1.54, 1.807) is 11.3 Å². The monoisotopic (exact) mass is 300 g/mol. The third-order valence-electron chi connectivity index (χ3n) is 3.40. The first kappa shape index (κ1) is 15.6. The van der Waals surface area contributed by atoms with Gasteiger partial charge in [0.15, 0.2) is 0 Å². The molecular formula is C18H20O2S. The maximum atomic E-state index is 8.70. The average Bonchev–Trinajstić information content (AvgIpc) is 2.98. The summed E-state index contributed by atoms with van der Waals surface area (Å²) in [5, 5.41) is 10.7. The van der Waals surface area contributed by atoms with E-state index in [-0.39, 0.29) is 6.61 Å². The first-order valence-electron chi connectivity index (χ1n) is 7.13. The van der Waals surface area contributed by atoms with Crippen molar-refractivity contribution in [1.29, 1.82) is 0 Å². The van der Waals surface area contributed by atoms with Crippen molar-refractivity contribution in [1.82, 2.24) is 0 Å².